The van der Waals surface area contributed by atoms with Gasteiger partial charge in [-0.15, -0.1) is 0 Å². The zero-order chi connectivity index (χ0) is 18.6. The second-order valence-corrected chi connectivity index (χ2v) is 7.39. The summed E-state index contributed by atoms with van der Waals surface area (Å²) >= 11 is 0. The molecule has 1 aliphatic heterocycles. The van der Waals surface area contributed by atoms with Gasteiger partial charge in [0.1, 0.15) is 0 Å². The Kier molecular flexibility index (Phi) is 5.21. The standard InChI is InChI=1S/C22H25N3O2/c26-21(24-19-10-11-19)14-20-22(27)23-12-13-25(20)15-16-6-8-18(9-7-16)17-4-2-1-3-5-17/h1-9,19-20H,10-15H2,(H,23,27)(H,24,26). The van der Waals surface area contributed by atoms with Gasteiger partial charge in [-0.1, -0.05) is 54.6 Å². The van der Waals surface area contributed by atoms with Crippen molar-refractivity contribution < 1.29 is 9.59 Å². The maximum atomic E-state index is 12.3. The molecule has 2 aliphatic rings. The van der Waals surface area contributed by atoms with E-state index in [1.54, 1.807) is 0 Å². The van der Waals surface area contributed by atoms with Gasteiger partial charge < -0.3 is 10.6 Å². The Morgan fingerprint density at radius 1 is 1.04 bits per heavy atom. The molecule has 1 heterocycles. The van der Waals surface area contributed by atoms with Crippen molar-refractivity contribution in [1.29, 1.82) is 0 Å². The second kappa shape index (κ2) is 7.92. The molecule has 2 N–H and O–H groups in total. The zero-order valence-corrected chi connectivity index (χ0v) is 15.4. The smallest absolute Gasteiger partial charge is 0.237 e. The Balaban J connectivity index is 1.42. The van der Waals surface area contributed by atoms with Crippen molar-refractivity contribution in [3.05, 3.63) is 60.2 Å². The van der Waals surface area contributed by atoms with Crippen LogP contribution in [0.25, 0.3) is 11.1 Å². The van der Waals surface area contributed by atoms with Crippen molar-refractivity contribution in [2.45, 2.75) is 37.9 Å². The van der Waals surface area contributed by atoms with Crippen LogP contribution < -0.4 is 10.6 Å². The first-order chi connectivity index (χ1) is 13.2. The van der Waals surface area contributed by atoms with E-state index in [1.807, 2.05) is 18.2 Å². The van der Waals surface area contributed by atoms with Gasteiger partial charge in [0.05, 0.1) is 12.5 Å². The first-order valence-corrected chi connectivity index (χ1v) is 9.64. The van der Waals surface area contributed by atoms with E-state index < -0.39 is 6.04 Å². The van der Waals surface area contributed by atoms with Crippen molar-refractivity contribution in [3.63, 3.8) is 0 Å². The highest BCUT2D eigenvalue weighted by Crippen LogP contribution is 2.22. The average Bonchev–Trinajstić information content (AvgIpc) is 3.50. The highest BCUT2D eigenvalue weighted by Gasteiger charge is 2.33. The fourth-order valence-corrected chi connectivity index (χ4v) is 3.53. The lowest BCUT2D eigenvalue weighted by Gasteiger charge is -2.34. The number of rotatable bonds is 6. The Bertz CT molecular complexity index is 800. The molecular weight excluding hydrogens is 338 g/mol. The van der Waals surface area contributed by atoms with Gasteiger partial charge in [0.2, 0.25) is 11.8 Å². The van der Waals surface area contributed by atoms with Crippen LogP contribution in [0.4, 0.5) is 0 Å². The lowest BCUT2D eigenvalue weighted by Crippen LogP contribution is -2.56. The number of benzene rings is 2. The highest BCUT2D eigenvalue weighted by atomic mass is 16.2. The molecule has 27 heavy (non-hydrogen) atoms. The molecule has 0 radical (unpaired) electrons. The number of hydrogen-bond acceptors (Lipinski definition) is 3. The van der Waals surface area contributed by atoms with Gasteiger partial charge >= 0.3 is 0 Å². The topological polar surface area (TPSA) is 61.4 Å². The first-order valence-electron chi connectivity index (χ1n) is 9.64. The van der Waals surface area contributed by atoms with E-state index in [2.05, 4.69) is 51.9 Å². The van der Waals surface area contributed by atoms with Crippen molar-refractivity contribution in [2.24, 2.45) is 0 Å². The Morgan fingerprint density at radius 3 is 2.44 bits per heavy atom. The third kappa shape index (κ3) is 4.55. The third-order valence-corrected chi connectivity index (χ3v) is 5.21. The normalized spacial score (nSPS) is 20.1. The molecule has 1 atom stereocenters. The molecule has 0 aromatic heterocycles. The van der Waals surface area contributed by atoms with Gasteiger partial charge in [0, 0.05) is 25.7 Å². The summed E-state index contributed by atoms with van der Waals surface area (Å²) < 4.78 is 0. The summed E-state index contributed by atoms with van der Waals surface area (Å²) in [5, 5.41) is 5.88. The van der Waals surface area contributed by atoms with Crippen molar-refractivity contribution >= 4 is 11.8 Å². The summed E-state index contributed by atoms with van der Waals surface area (Å²) in [6.07, 6.45) is 2.34. The second-order valence-electron chi connectivity index (χ2n) is 7.39. The summed E-state index contributed by atoms with van der Waals surface area (Å²) in [5.41, 5.74) is 3.52. The van der Waals surface area contributed by atoms with Crippen LogP contribution in [0, 0.1) is 0 Å². The molecule has 4 rings (SSSR count). The van der Waals surface area contributed by atoms with Crippen LogP contribution in [0.2, 0.25) is 0 Å². The molecule has 2 aromatic carbocycles. The molecule has 0 bridgehead atoms. The molecular formula is C22H25N3O2. The molecule has 5 nitrogen and oxygen atoms in total. The summed E-state index contributed by atoms with van der Waals surface area (Å²) in [7, 11) is 0. The van der Waals surface area contributed by atoms with Crippen LogP contribution in [0.5, 0.6) is 0 Å². The number of nitrogens with zero attached hydrogens (tertiary/aromatic N) is 1. The summed E-state index contributed by atoms with van der Waals surface area (Å²) in [5.74, 6) is -0.0721. The quantitative estimate of drug-likeness (QED) is 0.828. The number of piperazine rings is 1. The van der Waals surface area contributed by atoms with Gasteiger partial charge in [-0.05, 0) is 29.5 Å². The molecule has 1 aliphatic carbocycles. The van der Waals surface area contributed by atoms with E-state index in [1.165, 1.54) is 11.1 Å². The van der Waals surface area contributed by atoms with E-state index in [9.17, 15) is 9.59 Å². The molecule has 2 amide bonds. The predicted octanol–water partition coefficient (Wildman–Crippen LogP) is 2.32. The Morgan fingerprint density at radius 2 is 1.74 bits per heavy atom. The predicted molar refractivity (Wildman–Crippen MR) is 105 cm³/mol. The largest absolute Gasteiger partial charge is 0.353 e. The van der Waals surface area contributed by atoms with Gasteiger partial charge in [-0.3, -0.25) is 14.5 Å². The molecule has 5 heteroatoms. The monoisotopic (exact) mass is 363 g/mol. The van der Waals surface area contributed by atoms with Crippen LogP contribution in [0.15, 0.2) is 54.6 Å². The van der Waals surface area contributed by atoms with Gasteiger partial charge in [-0.25, -0.2) is 0 Å². The van der Waals surface area contributed by atoms with Crippen molar-refractivity contribution in [3.8, 4) is 11.1 Å². The molecule has 2 aromatic rings. The van der Waals surface area contributed by atoms with Crippen LogP contribution in [-0.4, -0.2) is 41.9 Å². The number of carbonyl (C=O) groups excluding carboxylic acids is 2. The minimum atomic E-state index is -0.397. The molecule has 1 unspecified atom stereocenters. The maximum absolute atomic E-state index is 12.3. The van der Waals surface area contributed by atoms with E-state index in [4.69, 9.17) is 0 Å². The fraction of sp³-hybridized carbons (Fsp3) is 0.364. The van der Waals surface area contributed by atoms with E-state index in [0.29, 0.717) is 19.1 Å². The van der Waals surface area contributed by atoms with Crippen LogP contribution in [0.3, 0.4) is 0 Å². The van der Waals surface area contributed by atoms with Crippen LogP contribution >= 0.6 is 0 Å². The SMILES string of the molecule is O=C(CC1C(=O)NCCN1Cc1ccc(-c2ccccc2)cc1)NC1CC1. The van der Waals surface area contributed by atoms with E-state index >= 15 is 0 Å². The van der Waals surface area contributed by atoms with Gasteiger partial charge in [0.15, 0.2) is 0 Å². The average molecular weight is 363 g/mol. The number of amides is 2. The lowest BCUT2D eigenvalue weighted by atomic mass is 10.0. The molecule has 1 saturated carbocycles. The number of carbonyl (C=O) groups is 2. The first kappa shape index (κ1) is 17.7. The lowest BCUT2D eigenvalue weighted by molar-refractivity contribution is -0.134. The fourth-order valence-electron chi connectivity index (χ4n) is 3.53. The van der Waals surface area contributed by atoms with E-state index in [-0.39, 0.29) is 18.2 Å². The minimum Gasteiger partial charge on any atom is -0.353 e. The summed E-state index contributed by atoms with van der Waals surface area (Å²) in [4.78, 5) is 26.6. The van der Waals surface area contributed by atoms with Gasteiger partial charge in [0.25, 0.3) is 0 Å². The summed E-state index contributed by atoms with van der Waals surface area (Å²) in [6.45, 7) is 2.05. The van der Waals surface area contributed by atoms with Crippen molar-refractivity contribution in [2.75, 3.05) is 13.1 Å². The summed E-state index contributed by atoms with van der Waals surface area (Å²) in [6, 6.07) is 18.6. The highest BCUT2D eigenvalue weighted by molar-refractivity contribution is 5.89. The number of nitrogens with one attached hydrogen (secondary N) is 2. The molecule has 1 saturated heterocycles. The van der Waals surface area contributed by atoms with E-state index in [0.717, 1.165) is 24.9 Å². The maximum Gasteiger partial charge on any atom is 0.237 e. The van der Waals surface area contributed by atoms with Crippen LogP contribution in [-0.2, 0) is 16.1 Å². The Hall–Kier alpha value is -2.66. The van der Waals surface area contributed by atoms with Gasteiger partial charge in [-0.2, -0.15) is 0 Å². The molecule has 2 fully saturated rings. The number of hydrogen-bond donors (Lipinski definition) is 2. The molecule has 140 valence electrons. The van der Waals surface area contributed by atoms with Crippen molar-refractivity contribution in [1.82, 2.24) is 15.5 Å². The molecule has 0 spiro atoms. The van der Waals surface area contributed by atoms with Crippen LogP contribution in [0.1, 0.15) is 24.8 Å². The zero-order valence-electron chi connectivity index (χ0n) is 15.4. The minimum absolute atomic E-state index is 0.0241. The Labute approximate surface area is 159 Å². The third-order valence-electron chi connectivity index (χ3n) is 5.21.